The second kappa shape index (κ2) is 8.20. The Hall–Kier alpha value is -2.31. The number of fused-ring (bicyclic) bond motifs is 2. The van der Waals surface area contributed by atoms with Crippen molar-refractivity contribution in [1.82, 2.24) is 14.9 Å². The fourth-order valence-electron chi connectivity index (χ4n) is 4.36. The SMILES string of the molecule is CC(C)CC(O)C(=O)N1CCC2(CC1)OCCc1cnc(-c3ccccc3)nc12. The third kappa shape index (κ3) is 4.05. The number of likely N-dealkylation sites (tertiary alicyclic amines) is 1. The zero-order valence-electron chi connectivity index (χ0n) is 17.2. The highest BCUT2D eigenvalue weighted by Gasteiger charge is 2.44. The summed E-state index contributed by atoms with van der Waals surface area (Å²) in [5.41, 5.74) is 2.61. The molecule has 2 aliphatic heterocycles. The lowest BCUT2D eigenvalue weighted by Gasteiger charge is -2.44. The quantitative estimate of drug-likeness (QED) is 0.861. The number of aromatic nitrogens is 2. The minimum Gasteiger partial charge on any atom is -0.383 e. The smallest absolute Gasteiger partial charge is 0.251 e. The number of piperidine rings is 1. The summed E-state index contributed by atoms with van der Waals surface area (Å²) in [7, 11) is 0. The first-order chi connectivity index (χ1) is 14.0. The van der Waals surface area contributed by atoms with Crippen LogP contribution in [-0.2, 0) is 21.6 Å². The van der Waals surface area contributed by atoms with Crippen LogP contribution in [0.2, 0.25) is 0 Å². The molecule has 6 heteroatoms. The fourth-order valence-corrected chi connectivity index (χ4v) is 4.36. The first kappa shape index (κ1) is 20.0. The molecular formula is C23H29N3O3. The van der Waals surface area contributed by atoms with Crippen LogP contribution in [0.25, 0.3) is 11.4 Å². The van der Waals surface area contributed by atoms with Crippen molar-refractivity contribution in [2.75, 3.05) is 19.7 Å². The average molecular weight is 396 g/mol. The summed E-state index contributed by atoms with van der Waals surface area (Å²) in [5, 5.41) is 10.2. The van der Waals surface area contributed by atoms with Crippen molar-refractivity contribution in [3.05, 3.63) is 47.8 Å². The largest absolute Gasteiger partial charge is 0.383 e. The van der Waals surface area contributed by atoms with Gasteiger partial charge in [-0.15, -0.1) is 0 Å². The van der Waals surface area contributed by atoms with Crippen molar-refractivity contribution < 1.29 is 14.6 Å². The van der Waals surface area contributed by atoms with E-state index in [1.807, 2.05) is 50.4 Å². The summed E-state index contributed by atoms with van der Waals surface area (Å²) in [6, 6.07) is 9.96. The number of hydrogen-bond donors (Lipinski definition) is 1. The molecule has 2 aromatic rings. The molecule has 3 heterocycles. The minimum atomic E-state index is -0.921. The molecular weight excluding hydrogens is 366 g/mol. The normalized spacial score (nSPS) is 19.2. The zero-order chi connectivity index (χ0) is 20.4. The molecule has 154 valence electrons. The molecule has 1 aromatic carbocycles. The second-order valence-corrected chi connectivity index (χ2v) is 8.50. The van der Waals surface area contributed by atoms with Crippen LogP contribution in [0.1, 0.15) is 44.4 Å². The molecule has 1 fully saturated rings. The second-order valence-electron chi connectivity index (χ2n) is 8.50. The van der Waals surface area contributed by atoms with E-state index in [4.69, 9.17) is 9.72 Å². The van der Waals surface area contributed by atoms with E-state index in [1.165, 1.54) is 0 Å². The number of hydrogen-bond acceptors (Lipinski definition) is 5. The molecule has 0 radical (unpaired) electrons. The topological polar surface area (TPSA) is 75.5 Å². The average Bonchev–Trinajstić information content (AvgIpc) is 2.74. The molecule has 0 saturated carbocycles. The maximum Gasteiger partial charge on any atom is 0.251 e. The molecule has 1 spiro atoms. The number of amides is 1. The molecule has 1 N–H and O–H groups in total. The molecule has 1 unspecified atom stereocenters. The number of ether oxygens (including phenoxy) is 1. The lowest BCUT2D eigenvalue weighted by Crippen LogP contribution is -2.51. The van der Waals surface area contributed by atoms with Crippen LogP contribution in [0.15, 0.2) is 36.5 Å². The summed E-state index contributed by atoms with van der Waals surface area (Å²) < 4.78 is 6.29. The zero-order valence-corrected chi connectivity index (χ0v) is 17.2. The van der Waals surface area contributed by atoms with Gasteiger partial charge in [-0.25, -0.2) is 9.97 Å². The van der Waals surface area contributed by atoms with Gasteiger partial charge in [-0.2, -0.15) is 0 Å². The molecule has 2 aliphatic rings. The number of rotatable bonds is 4. The van der Waals surface area contributed by atoms with E-state index < -0.39 is 11.7 Å². The van der Waals surface area contributed by atoms with E-state index in [9.17, 15) is 9.90 Å². The fraction of sp³-hybridized carbons (Fsp3) is 0.522. The molecule has 0 aliphatic carbocycles. The first-order valence-corrected chi connectivity index (χ1v) is 10.5. The number of aliphatic hydroxyl groups excluding tert-OH is 1. The van der Waals surface area contributed by atoms with Gasteiger partial charge in [-0.3, -0.25) is 4.79 Å². The summed E-state index contributed by atoms with van der Waals surface area (Å²) >= 11 is 0. The molecule has 1 aromatic heterocycles. The summed E-state index contributed by atoms with van der Waals surface area (Å²) in [6.07, 6.45) is 3.68. The van der Waals surface area contributed by atoms with Crippen molar-refractivity contribution in [1.29, 1.82) is 0 Å². The Bertz CT molecular complexity index is 861. The predicted octanol–water partition coefficient (Wildman–Crippen LogP) is 2.94. The molecule has 6 nitrogen and oxygen atoms in total. The summed E-state index contributed by atoms with van der Waals surface area (Å²) in [6.45, 7) is 5.80. The summed E-state index contributed by atoms with van der Waals surface area (Å²) in [5.74, 6) is 0.823. The number of aliphatic hydroxyl groups is 1. The van der Waals surface area contributed by atoms with Gasteiger partial charge in [-0.05, 0) is 37.2 Å². The van der Waals surface area contributed by atoms with Crippen molar-refractivity contribution >= 4 is 5.91 Å². The van der Waals surface area contributed by atoms with Gasteiger partial charge in [0.15, 0.2) is 5.82 Å². The number of benzene rings is 1. The minimum absolute atomic E-state index is 0.169. The van der Waals surface area contributed by atoms with Gasteiger partial charge in [0.1, 0.15) is 11.7 Å². The number of nitrogens with zero attached hydrogens (tertiary/aromatic N) is 3. The van der Waals surface area contributed by atoms with Crippen LogP contribution in [0.5, 0.6) is 0 Å². The lowest BCUT2D eigenvalue weighted by molar-refractivity contribution is -0.150. The van der Waals surface area contributed by atoms with Crippen LogP contribution in [0, 0.1) is 5.92 Å². The Balaban J connectivity index is 1.54. The molecule has 1 saturated heterocycles. The van der Waals surface area contributed by atoms with E-state index in [1.54, 1.807) is 4.90 Å². The van der Waals surface area contributed by atoms with Gasteiger partial charge >= 0.3 is 0 Å². The van der Waals surface area contributed by atoms with Crippen LogP contribution < -0.4 is 0 Å². The van der Waals surface area contributed by atoms with Crippen LogP contribution >= 0.6 is 0 Å². The Kier molecular flexibility index (Phi) is 5.65. The van der Waals surface area contributed by atoms with Crippen LogP contribution in [-0.4, -0.2) is 51.7 Å². The van der Waals surface area contributed by atoms with Crippen molar-refractivity contribution in [3.63, 3.8) is 0 Å². The standard InChI is InChI=1S/C23H29N3O3/c1-16(2)14-19(27)22(28)26-11-9-23(10-12-26)20-18(8-13-29-23)15-24-21(25-20)17-6-4-3-5-7-17/h3-7,15-16,19,27H,8-14H2,1-2H3. The predicted molar refractivity (Wildman–Crippen MR) is 110 cm³/mol. The number of carbonyl (C=O) groups is 1. The molecule has 0 bridgehead atoms. The van der Waals surface area contributed by atoms with Crippen molar-refractivity contribution in [2.24, 2.45) is 5.92 Å². The van der Waals surface area contributed by atoms with Crippen LogP contribution in [0.4, 0.5) is 0 Å². The maximum atomic E-state index is 12.6. The third-order valence-electron chi connectivity index (χ3n) is 5.94. The molecule has 1 amide bonds. The first-order valence-electron chi connectivity index (χ1n) is 10.5. The number of carbonyl (C=O) groups excluding carboxylic acids is 1. The van der Waals surface area contributed by atoms with E-state index in [2.05, 4.69) is 4.98 Å². The Morgan fingerprint density at radius 1 is 1.24 bits per heavy atom. The molecule has 1 atom stereocenters. The maximum absolute atomic E-state index is 12.6. The monoisotopic (exact) mass is 395 g/mol. The van der Waals surface area contributed by atoms with Gasteiger partial charge in [0.05, 0.1) is 12.3 Å². The Morgan fingerprint density at radius 3 is 2.66 bits per heavy atom. The summed E-state index contributed by atoms with van der Waals surface area (Å²) in [4.78, 5) is 23.9. The highest BCUT2D eigenvalue weighted by atomic mass is 16.5. The van der Waals surface area contributed by atoms with Crippen molar-refractivity contribution in [2.45, 2.75) is 51.2 Å². The van der Waals surface area contributed by atoms with Gasteiger partial charge in [0.25, 0.3) is 5.91 Å². The lowest BCUT2D eigenvalue weighted by atomic mass is 9.83. The van der Waals surface area contributed by atoms with Gasteiger partial charge < -0.3 is 14.7 Å². The third-order valence-corrected chi connectivity index (χ3v) is 5.94. The van der Waals surface area contributed by atoms with Gasteiger partial charge in [0, 0.05) is 24.8 Å². The van der Waals surface area contributed by atoms with Crippen molar-refractivity contribution in [3.8, 4) is 11.4 Å². The van der Waals surface area contributed by atoms with E-state index >= 15 is 0 Å². The Morgan fingerprint density at radius 2 is 1.97 bits per heavy atom. The molecule has 4 rings (SSSR count). The highest BCUT2D eigenvalue weighted by molar-refractivity contribution is 5.80. The van der Waals surface area contributed by atoms with E-state index in [0.29, 0.717) is 44.8 Å². The highest BCUT2D eigenvalue weighted by Crippen LogP contribution is 2.41. The van der Waals surface area contributed by atoms with Gasteiger partial charge in [-0.1, -0.05) is 44.2 Å². The van der Waals surface area contributed by atoms with E-state index in [-0.39, 0.29) is 11.8 Å². The van der Waals surface area contributed by atoms with E-state index in [0.717, 1.165) is 23.2 Å². The van der Waals surface area contributed by atoms with Gasteiger partial charge in [0.2, 0.25) is 0 Å². The molecule has 29 heavy (non-hydrogen) atoms. The Labute approximate surface area is 171 Å². The van der Waals surface area contributed by atoms with Crippen LogP contribution in [0.3, 0.4) is 0 Å².